The fourth-order valence-corrected chi connectivity index (χ4v) is 3.33. The number of methoxy groups -OCH3 is 1. The Labute approximate surface area is 186 Å². The van der Waals surface area contributed by atoms with E-state index in [4.69, 9.17) is 9.47 Å². The van der Waals surface area contributed by atoms with Crippen LogP contribution in [0.5, 0.6) is 5.75 Å². The molecular formula is C23H29BrN2O4. The van der Waals surface area contributed by atoms with E-state index in [9.17, 15) is 9.59 Å². The molecule has 0 saturated heterocycles. The van der Waals surface area contributed by atoms with Gasteiger partial charge >= 0.3 is 0 Å². The molecule has 0 aliphatic rings. The summed E-state index contributed by atoms with van der Waals surface area (Å²) in [4.78, 5) is 27.4. The molecule has 0 heterocycles. The smallest absolute Gasteiger partial charge is 0.259 e. The average Bonchev–Trinajstić information content (AvgIpc) is 2.74. The molecule has 0 unspecified atom stereocenters. The van der Waals surface area contributed by atoms with Gasteiger partial charge in [0.2, 0.25) is 0 Å². The summed E-state index contributed by atoms with van der Waals surface area (Å²) < 4.78 is 11.4. The molecule has 0 aromatic heterocycles. The van der Waals surface area contributed by atoms with Gasteiger partial charge in [-0.15, -0.1) is 0 Å². The molecule has 0 aliphatic carbocycles. The molecule has 7 heteroatoms. The van der Waals surface area contributed by atoms with Crippen LogP contribution >= 0.6 is 15.9 Å². The van der Waals surface area contributed by atoms with Gasteiger partial charge in [-0.3, -0.25) is 9.59 Å². The average molecular weight is 477 g/mol. The number of rotatable bonds is 11. The summed E-state index contributed by atoms with van der Waals surface area (Å²) in [6.07, 6.45) is 1.84. The summed E-state index contributed by atoms with van der Waals surface area (Å²) in [7, 11) is 1.59. The zero-order valence-electron chi connectivity index (χ0n) is 17.7. The van der Waals surface area contributed by atoms with Crippen molar-refractivity contribution in [2.24, 2.45) is 0 Å². The van der Waals surface area contributed by atoms with Crippen molar-refractivity contribution in [1.82, 2.24) is 4.90 Å². The Hall–Kier alpha value is -2.38. The van der Waals surface area contributed by atoms with E-state index in [0.29, 0.717) is 35.8 Å². The Morgan fingerprint density at radius 3 is 2.27 bits per heavy atom. The van der Waals surface area contributed by atoms with Crippen LogP contribution in [0.4, 0.5) is 5.69 Å². The van der Waals surface area contributed by atoms with Crippen LogP contribution in [0, 0.1) is 0 Å². The number of nitrogens with zero attached hydrogens (tertiary/aromatic N) is 1. The van der Waals surface area contributed by atoms with Crippen molar-refractivity contribution in [3.63, 3.8) is 0 Å². The van der Waals surface area contributed by atoms with Crippen molar-refractivity contribution in [3.05, 3.63) is 58.1 Å². The van der Waals surface area contributed by atoms with E-state index >= 15 is 0 Å². The van der Waals surface area contributed by atoms with Crippen LogP contribution in [0.25, 0.3) is 0 Å². The maximum absolute atomic E-state index is 12.8. The molecule has 2 aromatic rings. The zero-order chi connectivity index (χ0) is 21.9. The molecule has 0 bridgehead atoms. The van der Waals surface area contributed by atoms with Gasteiger partial charge in [0.05, 0.1) is 12.2 Å². The van der Waals surface area contributed by atoms with Gasteiger partial charge in [-0.05, 0) is 55.3 Å². The van der Waals surface area contributed by atoms with Crippen LogP contribution in [0.15, 0.2) is 46.9 Å². The maximum Gasteiger partial charge on any atom is 0.259 e. The van der Waals surface area contributed by atoms with Crippen LogP contribution in [0.2, 0.25) is 0 Å². The highest BCUT2D eigenvalue weighted by Crippen LogP contribution is 2.24. The highest BCUT2D eigenvalue weighted by molar-refractivity contribution is 9.10. The van der Waals surface area contributed by atoms with E-state index in [0.717, 1.165) is 30.4 Å². The summed E-state index contributed by atoms with van der Waals surface area (Å²) in [5.74, 6) is 0.202. The number of amides is 2. The number of hydrogen-bond donors (Lipinski definition) is 1. The monoisotopic (exact) mass is 476 g/mol. The number of carbonyl (C=O) groups is 2. The topological polar surface area (TPSA) is 67.9 Å². The number of benzene rings is 2. The third-order valence-corrected chi connectivity index (χ3v) is 4.89. The minimum Gasteiger partial charge on any atom is -0.490 e. The zero-order valence-corrected chi connectivity index (χ0v) is 19.3. The highest BCUT2D eigenvalue weighted by Gasteiger charge is 2.16. The third-order valence-electron chi connectivity index (χ3n) is 4.40. The van der Waals surface area contributed by atoms with Crippen LogP contribution in [-0.2, 0) is 4.74 Å². The predicted molar refractivity (Wildman–Crippen MR) is 122 cm³/mol. The Morgan fingerprint density at radius 2 is 1.67 bits per heavy atom. The second kappa shape index (κ2) is 12.3. The van der Waals surface area contributed by atoms with Gasteiger partial charge in [0.15, 0.2) is 0 Å². The minimum atomic E-state index is -0.290. The Morgan fingerprint density at radius 1 is 1.00 bits per heavy atom. The molecule has 30 heavy (non-hydrogen) atoms. The lowest BCUT2D eigenvalue weighted by Gasteiger charge is -2.21. The van der Waals surface area contributed by atoms with Crippen molar-refractivity contribution in [2.75, 3.05) is 38.7 Å². The number of hydrogen-bond acceptors (Lipinski definition) is 4. The predicted octanol–water partition coefficient (Wildman–Crippen LogP) is 4.99. The molecule has 0 atom stereocenters. The molecular weight excluding hydrogens is 448 g/mol. The van der Waals surface area contributed by atoms with Gasteiger partial charge < -0.3 is 19.7 Å². The molecule has 6 nitrogen and oxygen atoms in total. The van der Waals surface area contributed by atoms with Crippen molar-refractivity contribution < 1.29 is 19.1 Å². The molecule has 1 N–H and O–H groups in total. The molecule has 0 radical (unpaired) electrons. The molecule has 2 aromatic carbocycles. The minimum absolute atomic E-state index is 0.0115. The SMILES string of the molecule is CCCN(CCC)C(=O)c1ccc(NC(=O)c2cc(Br)ccc2OCCOC)cc1. The van der Waals surface area contributed by atoms with Crippen molar-refractivity contribution in [2.45, 2.75) is 26.7 Å². The molecule has 0 saturated carbocycles. The molecule has 0 spiro atoms. The summed E-state index contributed by atoms with van der Waals surface area (Å²) in [5.41, 5.74) is 1.63. The first kappa shape index (κ1) is 23.9. The van der Waals surface area contributed by atoms with Crippen molar-refractivity contribution in [3.8, 4) is 5.75 Å². The molecule has 0 fully saturated rings. The van der Waals surface area contributed by atoms with Gasteiger partial charge in [-0.2, -0.15) is 0 Å². The van der Waals surface area contributed by atoms with Gasteiger partial charge in [0, 0.05) is 35.9 Å². The maximum atomic E-state index is 12.8. The van der Waals surface area contributed by atoms with Gasteiger partial charge in [-0.1, -0.05) is 29.8 Å². The Balaban J connectivity index is 2.11. The summed E-state index contributed by atoms with van der Waals surface area (Å²) in [6.45, 7) is 6.37. The Kier molecular flexibility index (Phi) is 9.83. The van der Waals surface area contributed by atoms with E-state index in [1.54, 1.807) is 43.5 Å². The lowest BCUT2D eigenvalue weighted by Crippen LogP contribution is -2.32. The molecule has 2 rings (SSSR count). The van der Waals surface area contributed by atoms with Gasteiger partial charge in [0.1, 0.15) is 12.4 Å². The third kappa shape index (κ3) is 6.85. The summed E-state index contributed by atoms with van der Waals surface area (Å²) in [6, 6.07) is 12.2. The Bertz CT molecular complexity index is 834. The summed E-state index contributed by atoms with van der Waals surface area (Å²) in [5, 5.41) is 2.87. The first-order chi connectivity index (χ1) is 14.5. The quantitative estimate of drug-likeness (QED) is 0.463. The van der Waals surface area contributed by atoms with Crippen molar-refractivity contribution in [1.29, 1.82) is 0 Å². The van der Waals surface area contributed by atoms with E-state index in [1.165, 1.54) is 0 Å². The fraction of sp³-hybridized carbons (Fsp3) is 0.391. The van der Waals surface area contributed by atoms with E-state index < -0.39 is 0 Å². The van der Waals surface area contributed by atoms with Crippen molar-refractivity contribution >= 4 is 33.4 Å². The highest BCUT2D eigenvalue weighted by atomic mass is 79.9. The standard InChI is InChI=1S/C23H29BrN2O4/c1-4-12-26(13-5-2)23(28)17-6-9-19(10-7-17)25-22(27)20-16-18(24)8-11-21(20)30-15-14-29-3/h6-11,16H,4-5,12-15H2,1-3H3,(H,25,27). The lowest BCUT2D eigenvalue weighted by molar-refractivity contribution is 0.0755. The van der Waals surface area contributed by atoms with Gasteiger partial charge in [-0.25, -0.2) is 0 Å². The van der Waals surface area contributed by atoms with Gasteiger partial charge in [0.25, 0.3) is 11.8 Å². The lowest BCUT2D eigenvalue weighted by atomic mass is 10.1. The molecule has 0 aliphatic heterocycles. The van der Waals surface area contributed by atoms with Crippen LogP contribution in [0.3, 0.4) is 0 Å². The van der Waals surface area contributed by atoms with Crippen LogP contribution in [0.1, 0.15) is 47.4 Å². The van der Waals surface area contributed by atoms with E-state index in [1.807, 2.05) is 11.0 Å². The first-order valence-corrected chi connectivity index (χ1v) is 10.9. The first-order valence-electron chi connectivity index (χ1n) is 10.1. The van der Waals surface area contributed by atoms with Crippen LogP contribution in [-0.4, -0.2) is 50.1 Å². The molecule has 162 valence electrons. The summed E-state index contributed by atoms with van der Waals surface area (Å²) >= 11 is 3.39. The molecule has 2 amide bonds. The van der Waals surface area contributed by atoms with E-state index in [-0.39, 0.29) is 11.8 Å². The number of ether oxygens (including phenoxy) is 2. The second-order valence-electron chi connectivity index (χ2n) is 6.81. The van der Waals surface area contributed by atoms with E-state index in [2.05, 4.69) is 35.1 Å². The number of carbonyl (C=O) groups excluding carboxylic acids is 2. The second-order valence-corrected chi connectivity index (χ2v) is 7.72. The fourth-order valence-electron chi connectivity index (χ4n) is 2.97. The van der Waals surface area contributed by atoms with Crippen LogP contribution < -0.4 is 10.1 Å². The number of halogens is 1. The number of anilines is 1. The number of nitrogens with one attached hydrogen (secondary N) is 1. The normalized spacial score (nSPS) is 10.5. The largest absolute Gasteiger partial charge is 0.490 e.